The van der Waals surface area contributed by atoms with E-state index in [1.807, 2.05) is 36.2 Å². The molecule has 1 amide bonds. The molecule has 2 aromatic carbocycles. The number of nitrogens with zero attached hydrogens (tertiary/aromatic N) is 1. The Balaban J connectivity index is 1.80. The van der Waals surface area contributed by atoms with Gasteiger partial charge in [0, 0.05) is 23.6 Å². The van der Waals surface area contributed by atoms with Crippen LogP contribution >= 0.6 is 15.9 Å². The number of aryl methyl sites for hydroxylation is 1. The lowest BCUT2D eigenvalue weighted by Gasteiger charge is -2.29. The van der Waals surface area contributed by atoms with E-state index in [4.69, 9.17) is 4.74 Å². The van der Waals surface area contributed by atoms with Gasteiger partial charge in [0.25, 0.3) is 0 Å². The summed E-state index contributed by atoms with van der Waals surface area (Å²) in [5.74, 6) is 0.962. The van der Waals surface area contributed by atoms with Gasteiger partial charge >= 0.3 is 0 Å². The van der Waals surface area contributed by atoms with E-state index in [9.17, 15) is 4.79 Å². The molecule has 126 valence electrons. The summed E-state index contributed by atoms with van der Waals surface area (Å²) in [4.78, 5) is 14.8. The van der Waals surface area contributed by atoms with Gasteiger partial charge in [0.1, 0.15) is 5.75 Å². The average molecular weight is 388 g/mol. The number of ether oxygens (including phenoxy) is 1. The van der Waals surface area contributed by atoms with Gasteiger partial charge in [-0.1, -0.05) is 40.2 Å². The lowest BCUT2D eigenvalue weighted by Crippen LogP contribution is -2.33. The van der Waals surface area contributed by atoms with E-state index in [0.717, 1.165) is 35.0 Å². The van der Waals surface area contributed by atoms with Crippen LogP contribution in [-0.2, 0) is 17.8 Å². The smallest absolute Gasteiger partial charge is 0.230 e. The molecule has 3 rings (SSSR count). The van der Waals surface area contributed by atoms with Crippen LogP contribution in [-0.4, -0.2) is 25.0 Å². The van der Waals surface area contributed by atoms with E-state index < -0.39 is 0 Å². The second-order valence-corrected chi connectivity index (χ2v) is 7.21. The molecule has 1 unspecified atom stereocenters. The molecule has 1 aliphatic rings. The predicted octanol–water partition coefficient (Wildman–Crippen LogP) is 4.54. The van der Waals surface area contributed by atoms with E-state index in [1.165, 1.54) is 11.1 Å². The van der Waals surface area contributed by atoms with Gasteiger partial charge in [-0.3, -0.25) is 4.79 Å². The highest BCUT2D eigenvalue weighted by atomic mass is 79.9. The highest BCUT2D eigenvalue weighted by Crippen LogP contribution is 2.33. The zero-order chi connectivity index (χ0) is 17.1. The first-order valence-corrected chi connectivity index (χ1v) is 9.04. The van der Waals surface area contributed by atoms with Crippen LogP contribution in [0.5, 0.6) is 5.75 Å². The Bertz CT molecular complexity index is 744. The molecule has 0 heterocycles. The molecule has 0 bridgehead atoms. The number of fused-ring (bicyclic) bond motifs is 1. The molecule has 0 fully saturated rings. The van der Waals surface area contributed by atoms with Gasteiger partial charge in [0.05, 0.1) is 13.0 Å². The lowest BCUT2D eigenvalue weighted by atomic mass is 9.82. The van der Waals surface area contributed by atoms with Gasteiger partial charge in [0.2, 0.25) is 5.91 Å². The zero-order valence-corrected chi connectivity index (χ0v) is 15.7. The minimum absolute atomic E-state index is 0.0295. The summed E-state index contributed by atoms with van der Waals surface area (Å²) in [7, 11) is 3.53. The number of halogens is 1. The third-order valence-electron chi connectivity index (χ3n) is 4.69. The van der Waals surface area contributed by atoms with Crippen molar-refractivity contribution < 1.29 is 9.53 Å². The maximum atomic E-state index is 13.0. The Kier molecular flexibility index (Phi) is 5.24. The predicted molar refractivity (Wildman–Crippen MR) is 99.3 cm³/mol. The van der Waals surface area contributed by atoms with Crippen molar-refractivity contribution in [2.24, 2.45) is 0 Å². The molecule has 0 radical (unpaired) electrons. The fourth-order valence-electron chi connectivity index (χ4n) is 3.48. The van der Waals surface area contributed by atoms with Crippen LogP contribution in [0.15, 0.2) is 46.9 Å². The average Bonchev–Trinajstić information content (AvgIpc) is 2.61. The lowest BCUT2D eigenvalue weighted by molar-refractivity contribution is -0.132. The normalized spacial score (nSPS) is 16.4. The van der Waals surface area contributed by atoms with Crippen LogP contribution < -0.4 is 4.74 Å². The van der Waals surface area contributed by atoms with Gasteiger partial charge in [-0.15, -0.1) is 0 Å². The largest absolute Gasteiger partial charge is 0.496 e. The van der Waals surface area contributed by atoms with E-state index in [2.05, 4.69) is 34.1 Å². The van der Waals surface area contributed by atoms with Crippen LogP contribution in [0.4, 0.5) is 0 Å². The first-order chi connectivity index (χ1) is 11.6. The van der Waals surface area contributed by atoms with Crippen molar-refractivity contribution in [2.45, 2.75) is 31.7 Å². The molecule has 3 nitrogen and oxygen atoms in total. The number of likely N-dealkylation sites (N-methyl/N-ethyl adjacent to an activating group) is 1. The summed E-state index contributed by atoms with van der Waals surface area (Å²) in [6.07, 6.45) is 3.07. The van der Waals surface area contributed by atoms with Crippen molar-refractivity contribution in [3.8, 4) is 5.75 Å². The van der Waals surface area contributed by atoms with Crippen LogP contribution in [0.25, 0.3) is 0 Å². The van der Waals surface area contributed by atoms with E-state index in [0.29, 0.717) is 6.54 Å². The van der Waals surface area contributed by atoms with Crippen LogP contribution in [0, 0.1) is 0 Å². The highest BCUT2D eigenvalue weighted by Gasteiger charge is 2.28. The minimum Gasteiger partial charge on any atom is -0.496 e. The van der Waals surface area contributed by atoms with Crippen LogP contribution in [0.2, 0.25) is 0 Å². The third-order valence-corrected chi connectivity index (χ3v) is 5.19. The molecule has 0 spiro atoms. The van der Waals surface area contributed by atoms with Gasteiger partial charge < -0.3 is 9.64 Å². The first-order valence-electron chi connectivity index (χ1n) is 8.25. The number of hydrogen-bond donors (Lipinski definition) is 0. The first kappa shape index (κ1) is 17.0. The minimum atomic E-state index is -0.0295. The Labute approximate surface area is 151 Å². The van der Waals surface area contributed by atoms with Crippen LogP contribution in [0.1, 0.15) is 35.4 Å². The molecule has 24 heavy (non-hydrogen) atoms. The van der Waals surface area contributed by atoms with Crippen molar-refractivity contribution in [3.05, 3.63) is 63.6 Å². The van der Waals surface area contributed by atoms with Gasteiger partial charge in [-0.2, -0.15) is 0 Å². The summed E-state index contributed by atoms with van der Waals surface area (Å²) in [6, 6.07) is 14.2. The van der Waals surface area contributed by atoms with Crippen LogP contribution in [0.3, 0.4) is 0 Å². The fraction of sp³-hybridized carbons (Fsp3) is 0.350. The van der Waals surface area contributed by atoms with Crippen molar-refractivity contribution in [3.63, 3.8) is 0 Å². The number of carbonyl (C=O) groups is 1. The van der Waals surface area contributed by atoms with Gasteiger partial charge in [-0.25, -0.2) is 0 Å². The number of hydrogen-bond acceptors (Lipinski definition) is 2. The van der Waals surface area contributed by atoms with Crippen molar-refractivity contribution in [2.75, 3.05) is 14.2 Å². The van der Waals surface area contributed by atoms with Crippen molar-refractivity contribution >= 4 is 21.8 Å². The summed E-state index contributed by atoms with van der Waals surface area (Å²) in [6.45, 7) is 0.542. The Morgan fingerprint density at radius 3 is 2.88 bits per heavy atom. The molecule has 4 heteroatoms. The zero-order valence-electron chi connectivity index (χ0n) is 14.1. The summed E-state index contributed by atoms with van der Waals surface area (Å²) < 4.78 is 6.41. The molecule has 0 N–H and O–H groups in total. The second-order valence-electron chi connectivity index (χ2n) is 6.29. The molecule has 2 aromatic rings. The maximum absolute atomic E-state index is 13.0. The van der Waals surface area contributed by atoms with Crippen molar-refractivity contribution in [1.29, 1.82) is 0 Å². The van der Waals surface area contributed by atoms with E-state index >= 15 is 0 Å². The molecule has 1 atom stereocenters. The van der Waals surface area contributed by atoms with Gasteiger partial charge in [-0.05, 0) is 48.6 Å². The summed E-state index contributed by atoms with van der Waals surface area (Å²) in [5, 5.41) is 0. The second kappa shape index (κ2) is 7.39. The molecule has 0 aromatic heterocycles. The number of benzene rings is 2. The Morgan fingerprint density at radius 1 is 1.29 bits per heavy atom. The highest BCUT2D eigenvalue weighted by molar-refractivity contribution is 9.10. The maximum Gasteiger partial charge on any atom is 0.230 e. The molecular formula is C20H22BrNO2. The number of methoxy groups -OCH3 is 1. The number of amides is 1. The Morgan fingerprint density at radius 2 is 2.08 bits per heavy atom. The number of carbonyl (C=O) groups excluding carboxylic acids is 1. The van der Waals surface area contributed by atoms with E-state index in [-0.39, 0.29) is 11.8 Å². The van der Waals surface area contributed by atoms with Gasteiger partial charge in [0.15, 0.2) is 0 Å². The summed E-state index contributed by atoms with van der Waals surface area (Å²) in [5.41, 5.74) is 3.52. The topological polar surface area (TPSA) is 29.5 Å². The molecular weight excluding hydrogens is 366 g/mol. The fourth-order valence-corrected chi connectivity index (χ4v) is 3.89. The standard InChI is InChI=1S/C20H22BrNO2/c1-22(13-15-12-16(21)10-11-19(15)24-2)20(23)18-9-5-7-14-6-3-4-8-17(14)18/h3-4,6,8,10-12,18H,5,7,9,13H2,1-2H3. The monoisotopic (exact) mass is 387 g/mol. The molecule has 0 saturated carbocycles. The number of rotatable bonds is 4. The SMILES string of the molecule is COc1ccc(Br)cc1CN(C)C(=O)C1CCCc2ccccc21. The summed E-state index contributed by atoms with van der Waals surface area (Å²) >= 11 is 3.49. The Hall–Kier alpha value is -1.81. The quantitative estimate of drug-likeness (QED) is 0.770. The molecule has 1 aliphatic carbocycles. The van der Waals surface area contributed by atoms with Crippen molar-refractivity contribution in [1.82, 2.24) is 4.90 Å². The molecule has 0 saturated heterocycles. The molecule has 0 aliphatic heterocycles. The third kappa shape index (κ3) is 3.48. The van der Waals surface area contributed by atoms with E-state index in [1.54, 1.807) is 7.11 Å².